The van der Waals surface area contributed by atoms with Crippen LogP contribution in [0, 0.1) is 0 Å². The highest BCUT2D eigenvalue weighted by Gasteiger charge is 2.09. The second-order valence-electron chi connectivity index (χ2n) is 4.79. The van der Waals surface area contributed by atoms with Crippen LogP contribution in [0.3, 0.4) is 0 Å². The second kappa shape index (κ2) is 7.65. The molecule has 5 heteroatoms. The van der Waals surface area contributed by atoms with Gasteiger partial charge in [0.2, 0.25) is 0 Å². The third kappa shape index (κ3) is 4.35. The Labute approximate surface area is 120 Å². The molecule has 2 aromatic rings. The van der Waals surface area contributed by atoms with Crippen LogP contribution in [-0.4, -0.2) is 30.1 Å². The van der Waals surface area contributed by atoms with Gasteiger partial charge in [-0.25, -0.2) is 0 Å². The molecule has 0 saturated carbocycles. The van der Waals surface area contributed by atoms with Crippen LogP contribution < -0.4 is 10.2 Å². The number of hydrogen-bond donors (Lipinski definition) is 1. The van der Waals surface area contributed by atoms with E-state index < -0.39 is 0 Å². The topological polar surface area (TPSA) is 54.2 Å². The molecule has 0 unspecified atom stereocenters. The van der Waals surface area contributed by atoms with Gasteiger partial charge in [-0.2, -0.15) is 4.98 Å². The van der Waals surface area contributed by atoms with Crippen LogP contribution in [0.1, 0.15) is 24.7 Å². The Morgan fingerprint density at radius 1 is 1.30 bits per heavy atom. The molecule has 0 saturated heterocycles. The molecule has 2 heterocycles. The number of aromatic nitrogens is 2. The molecule has 0 bridgehead atoms. The summed E-state index contributed by atoms with van der Waals surface area (Å²) in [4.78, 5) is 10.8. The molecule has 0 spiro atoms. The van der Waals surface area contributed by atoms with Crippen LogP contribution >= 0.6 is 0 Å². The van der Waals surface area contributed by atoms with Crippen LogP contribution in [0.2, 0.25) is 0 Å². The standard InChI is InChI=1S/C15H22N4O/c1-3-8-16-11-14-12-20-15(18-14)19(2)10-7-13-6-4-5-9-17-13/h4-6,9,12,16H,3,7-8,10-11H2,1-2H3. The van der Waals surface area contributed by atoms with E-state index in [1.807, 2.05) is 36.3 Å². The number of hydrogen-bond acceptors (Lipinski definition) is 5. The van der Waals surface area contributed by atoms with E-state index in [9.17, 15) is 0 Å². The molecule has 0 radical (unpaired) electrons. The van der Waals surface area contributed by atoms with Gasteiger partial charge in [-0.3, -0.25) is 4.98 Å². The molecule has 0 atom stereocenters. The van der Waals surface area contributed by atoms with E-state index in [-0.39, 0.29) is 0 Å². The van der Waals surface area contributed by atoms with Crippen molar-refractivity contribution in [2.24, 2.45) is 0 Å². The summed E-state index contributed by atoms with van der Waals surface area (Å²) in [7, 11) is 1.98. The number of nitrogens with one attached hydrogen (secondary N) is 1. The van der Waals surface area contributed by atoms with Crippen molar-refractivity contribution in [3.63, 3.8) is 0 Å². The van der Waals surface area contributed by atoms with Gasteiger partial charge in [-0.15, -0.1) is 0 Å². The van der Waals surface area contributed by atoms with Gasteiger partial charge in [0.1, 0.15) is 6.26 Å². The third-order valence-electron chi connectivity index (χ3n) is 3.03. The third-order valence-corrected chi connectivity index (χ3v) is 3.03. The number of likely N-dealkylation sites (N-methyl/N-ethyl adjacent to an activating group) is 1. The zero-order chi connectivity index (χ0) is 14.2. The molecule has 0 aliphatic carbocycles. The fourth-order valence-corrected chi connectivity index (χ4v) is 1.87. The molecule has 5 nitrogen and oxygen atoms in total. The summed E-state index contributed by atoms with van der Waals surface area (Å²) in [6.07, 6.45) is 5.53. The largest absolute Gasteiger partial charge is 0.432 e. The predicted molar refractivity (Wildman–Crippen MR) is 79.7 cm³/mol. The minimum atomic E-state index is 0.661. The molecule has 0 aromatic carbocycles. The van der Waals surface area contributed by atoms with Crippen molar-refractivity contribution in [3.05, 3.63) is 42.0 Å². The summed E-state index contributed by atoms with van der Waals surface area (Å²) in [5.74, 6) is 0. The van der Waals surface area contributed by atoms with Crippen molar-refractivity contribution >= 4 is 6.01 Å². The lowest BCUT2D eigenvalue weighted by atomic mass is 10.2. The van der Waals surface area contributed by atoms with Gasteiger partial charge in [-0.1, -0.05) is 13.0 Å². The number of nitrogens with zero attached hydrogens (tertiary/aromatic N) is 3. The highest BCUT2D eigenvalue weighted by molar-refractivity contribution is 5.25. The highest BCUT2D eigenvalue weighted by atomic mass is 16.4. The average Bonchev–Trinajstić information content (AvgIpc) is 2.95. The Balaban J connectivity index is 1.81. The monoisotopic (exact) mass is 274 g/mol. The fraction of sp³-hybridized carbons (Fsp3) is 0.467. The first-order valence-corrected chi connectivity index (χ1v) is 7.05. The molecule has 2 aromatic heterocycles. The normalized spacial score (nSPS) is 10.7. The van der Waals surface area contributed by atoms with Crippen LogP contribution in [0.5, 0.6) is 0 Å². The summed E-state index contributed by atoms with van der Waals surface area (Å²) < 4.78 is 5.50. The Morgan fingerprint density at radius 3 is 2.95 bits per heavy atom. The first-order valence-electron chi connectivity index (χ1n) is 7.05. The van der Waals surface area contributed by atoms with E-state index >= 15 is 0 Å². The van der Waals surface area contributed by atoms with Gasteiger partial charge in [0.15, 0.2) is 0 Å². The lowest BCUT2D eigenvalue weighted by Crippen LogP contribution is -2.21. The van der Waals surface area contributed by atoms with Crippen molar-refractivity contribution in [2.45, 2.75) is 26.3 Å². The van der Waals surface area contributed by atoms with Crippen molar-refractivity contribution in [2.75, 3.05) is 25.0 Å². The smallest absolute Gasteiger partial charge is 0.297 e. The van der Waals surface area contributed by atoms with E-state index in [2.05, 4.69) is 22.2 Å². The molecule has 0 fully saturated rings. The molecular formula is C15H22N4O. The SMILES string of the molecule is CCCNCc1coc(N(C)CCc2ccccn2)n1. The molecular weight excluding hydrogens is 252 g/mol. The predicted octanol–water partition coefficient (Wildman–Crippen LogP) is 2.25. The number of rotatable bonds is 8. The Morgan fingerprint density at radius 2 is 2.20 bits per heavy atom. The van der Waals surface area contributed by atoms with Gasteiger partial charge in [-0.05, 0) is 25.1 Å². The van der Waals surface area contributed by atoms with E-state index in [1.54, 1.807) is 6.26 Å². The molecule has 0 amide bonds. The molecule has 20 heavy (non-hydrogen) atoms. The van der Waals surface area contributed by atoms with Crippen molar-refractivity contribution in [3.8, 4) is 0 Å². The first kappa shape index (κ1) is 14.5. The zero-order valence-corrected chi connectivity index (χ0v) is 12.2. The van der Waals surface area contributed by atoms with Crippen molar-refractivity contribution in [1.29, 1.82) is 0 Å². The zero-order valence-electron chi connectivity index (χ0n) is 12.2. The first-order chi connectivity index (χ1) is 9.79. The Hall–Kier alpha value is -1.88. The minimum Gasteiger partial charge on any atom is -0.432 e. The summed E-state index contributed by atoms with van der Waals surface area (Å²) in [5.41, 5.74) is 2.02. The van der Waals surface area contributed by atoms with Crippen molar-refractivity contribution in [1.82, 2.24) is 15.3 Å². The molecule has 1 N–H and O–H groups in total. The van der Waals surface area contributed by atoms with Gasteiger partial charge in [0.25, 0.3) is 6.01 Å². The second-order valence-corrected chi connectivity index (χ2v) is 4.79. The number of oxazole rings is 1. The molecule has 0 aliphatic rings. The van der Waals surface area contributed by atoms with E-state index in [1.165, 1.54) is 0 Å². The maximum absolute atomic E-state index is 5.50. The number of pyridine rings is 1. The molecule has 0 aliphatic heterocycles. The molecule has 108 valence electrons. The summed E-state index contributed by atoms with van der Waals surface area (Å²) >= 11 is 0. The van der Waals surface area contributed by atoms with Crippen molar-refractivity contribution < 1.29 is 4.42 Å². The fourth-order valence-electron chi connectivity index (χ4n) is 1.87. The van der Waals surface area contributed by atoms with E-state index in [0.717, 1.165) is 43.9 Å². The van der Waals surface area contributed by atoms with Crippen LogP contribution in [0.4, 0.5) is 6.01 Å². The van der Waals surface area contributed by atoms with Crippen LogP contribution in [-0.2, 0) is 13.0 Å². The van der Waals surface area contributed by atoms with Gasteiger partial charge < -0.3 is 14.6 Å². The lowest BCUT2D eigenvalue weighted by molar-refractivity contribution is 0.543. The average molecular weight is 274 g/mol. The maximum atomic E-state index is 5.50. The van der Waals surface area contributed by atoms with Crippen LogP contribution in [0.15, 0.2) is 35.1 Å². The molecule has 2 rings (SSSR count). The Bertz CT molecular complexity index is 498. The highest BCUT2D eigenvalue weighted by Crippen LogP contribution is 2.12. The minimum absolute atomic E-state index is 0.661. The Kier molecular flexibility index (Phi) is 5.55. The lowest BCUT2D eigenvalue weighted by Gasteiger charge is -2.13. The van der Waals surface area contributed by atoms with Crippen LogP contribution in [0.25, 0.3) is 0 Å². The van der Waals surface area contributed by atoms with Gasteiger partial charge in [0, 0.05) is 38.4 Å². The van der Waals surface area contributed by atoms with Gasteiger partial charge in [0.05, 0.1) is 5.69 Å². The summed E-state index contributed by atoms with van der Waals surface area (Å²) in [5, 5.41) is 3.31. The summed E-state index contributed by atoms with van der Waals surface area (Å²) in [6, 6.07) is 6.62. The van der Waals surface area contributed by atoms with E-state index in [0.29, 0.717) is 6.01 Å². The van der Waals surface area contributed by atoms with E-state index in [4.69, 9.17) is 4.42 Å². The van der Waals surface area contributed by atoms with Gasteiger partial charge >= 0.3 is 0 Å². The number of anilines is 1. The summed E-state index contributed by atoms with van der Waals surface area (Å²) in [6.45, 7) is 4.73. The maximum Gasteiger partial charge on any atom is 0.297 e. The quantitative estimate of drug-likeness (QED) is 0.748.